The van der Waals surface area contributed by atoms with Crippen molar-refractivity contribution >= 4 is 21.6 Å². The smallest absolute Gasteiger partial charge is 0.381 e. The predicted molar refractivity (Wildman–Crippen MR) is 77.6 cm³/mol. The topological polar surface area (TPSA) is 12.0 Å². The van der Waals surface area contributed by atoms with E-state index in [4.69, 9.17) is 0 Å². The molecule has 0 aliphatic heterocycles. The van der Waals surface area contributed by atoms with Crippen molar-refractivity contribution in [2.75, 3.05) is 5.32 Å². The summed E-state index contributed by atoms with van der Waals surface area (Å²) in [6, 6.07) is 8.39. The number of hydrogen-bond donors (Lipinski definition) is 1. The van der Waals surface area contributed by atoms with Crippen molar-refractivity contribution < 1.29 is 17.6 Å². The molecule has 0 heterocycles. The number of aryl methyl sites for hydroxylation is 1. The second-order valence-electron chi connectivity index (χ2n) is 4.66. The Hall–Kier alpha value is -1.56. The number of nitrogens with one attached hydrogen (secondary N) is 1. The van der Waals surface area contributed by atoms with E-state index < -0.39 is 17.6 Å². The van der Waals surface area contributed by atoms with Gasteiger partial charge in [0.15, 0.2) is 0 Å². The molecule has 2 rings (SSSR count). The first-order valence-corrected chi connectivity index (χ1v) is 6.92. The lowest BCUT2D eigenvalue weighted by Gasteiger charge is -2.13. The van der Waals surface area contributed by atoms with Crippen LogP contribution < -0.4 is 5.32 Å². The zero-order valence-corrected chi connectivity index (χ0v) is 12.6. The molecule has 0 fully saturated rings. The first kappa shape index (κ1) is 15.8. The highest BCUT2D eigenvalue weighted by Gasteiger charge is 2.32. The highest BCUT2D eigenvalue weighted by Crippen LogP contribution is 2.33. The molecule has 0 aliphatic rings. The van der Waals surface area contributed by atoms with Gasteiger partial charge in [-0.05, 0) is 48.4 Å². The largest absolute Gasteiger partial charge is 0.416 e. The summed E-state index contributed by atoms with van der Waals surface area (Å²) >= 11 is 3.17. The summed E-state index contributed by atoms with van der Waals surface area (Å²) in [7, 11) is 0. The molecular formula is C15H12BrF4N. The van der Waals surface area contributed by atoms with Crippen molar-refractivity contribution in [3.63, 3.8) is 0 Å². The van der Waals surface area contributed by atoms with Gasteiger partial charge in [0.05, 0.1) is 5.56 Å². The molecule has 0 radical (unpaired) electrons. The molecule has 2 aromatic carbocycles. The minimum atomic E-state index is -4.39. The first-order chi connectivity index (χ1) is 9.75. The molecule has 112 valence electrons. The highest BCUT2D eigenvalue weighted by molar-refractivity contribution is 9.10. The zero-order chi connectivity index (χ0) is 15.6. The second kappa shape index (κ2) is 6.05. The average molecular weight is 362 g/mol. The van der Waals surface area contributed by atoms with E-state index in [1.54, 1.807) is 12.1 Å². The Balaban J connectivity index is 2.17. The van der Waals surface area contributed by atoms with E-state index in [1.807, 2.05) is 0 Å². The monoisotopic (exact) mass is 361 g/mol. The Morgan fingerprint density at radius 3 is 2.43 bits per heavy atom. The van der Waals surface area contributed by atoms with Crippen LogP contribution in [0.15, 0.2) is 40.9 Å². The van der Waals surface area contributed by atoms with Crippen LogP contribution in [0.5, 0.6) is 0 Å². The van der Waals surface area contributed by atoms with Crippen molar-refractivity contribution in [1.29, 1.82) is 0 Å². The summed E-state index contributed by atoms with van der Waals surface area (Å²) in [5.41, 5.74) is 0.471. The van der Waals surface area contributed by atoms with Gasteiger partial charge in [-0.25, -0.2) is 4.39 Å². The van der Waals surface area contributed by atoms with Crippen LogP contribution in [0.1, 0.15) is 16.7 Å². The van der Waals surface area contributed by atoms with Gasteiger partial charge in [-0.2, -0.15) is 13.2 Å². The minimum Gasteiger partial charge on any atom is -0.381 e. The van der Waals surface area contributed by atoms with Gasteiger partial charge >= 0.3 is 6.18 Å². The molecule has 0 aliphatic carbocycles. The number of rotatable bonds is 3. The molecule has 0 saturated heterocycles. The molecule has 0 saturated carbocycles. The molecule has 6 heteroatoms. The molecule has 0 spiro atoms. The van der Waals surface area contributed by atoms with Crippen LogP contribution in [0.2, 0.25) is 0 Å². The van der Waals surface area contributed by atoms with Gasteiger partial charge < -0.3 is 5.32 Å². The van der Waals surface area contributed by atoms with E-state index in [0.29, 0.717) is 15.7 Å². The summed E-state index contributed by atoms with van der Waals surface area (Å²) in [5.74, 6) is -0.402. The fraction of sp³-hybridized carbons (Fsp3) is 0.200. The van der Waals surface area contributed by atoms with Crippen molar-refractivity contribution in [3.05, 3.63) is 63.4 Å². The van der Waals surface area contributed by atoms with Gasteiger partial charge in [0.25, 0.3) is 0 Å². The molecule has 1 N–H and O–H groups in total. The van der Waals surface area contributed by atoms with Crippen LogP contribution in [0, 0.1) is 12.7 Å². The standard InChI is InChI=1S/C15H12BrF4N/c1-9-2-3-13(7-14(9)15(18,19)20)21-8-10-4-11(16)6-12(17)5-10/h2-7,21H,8H2,1H3. The average Bonchev–Trinajstić information content (AvgIpc) is 2.35. The van der Waals surface area contributed by atoms with E-state index >= 15 is 0 Å². The highest BCUT2D eigenvalue weighted by atomic mass is 79.9. The molecule has 1 nitrogen and oxygen atoms in total. The van der Waals surface area contributed by atoms with Gasteiger partial charge in [0.1, 0.15) is 5.82 Å². The van der Waals surface area contributed by atoms with E-state index in [0.717, 1.165) is 6.07 Å². The maximum absolute atomic E-state index is 13.2. The van der Waals surface area contributed by atoms with Crippen LogP contribution >= 0.6 is 15.9 Å². The molecule has 0 unspecified atom stereocenters. The Bertz CT molecular complexity index is 632. The SMILES string of the molecule is Cc1ccc(NCc2cc(F)cc(Br)c2)cc1C(F)(F)F. The normalized spacial score (nSPS) is 11.5. The lowest BCUT2D eigenvalue weighted by Crippen LogP contribution is -2.09. The van der Waals surface area contributed by atoms with Gasteiger partial charge in [-0.15, -0.1) is 0 Å². The zero-order valence-electron chi connectivity index (χ0n) is 11.1. The molecule has 0 aromatic heterocycles. The van der Waals surface area contributed by atoms with Crippen LogP contribution in [0.3, 0.4) is 0 Å². The van der Waals surface area contributed by atoms with E-state index in [-0.39, 0.29) is 12.1 Å². The van der Waals surface area contributed by atoms with Gasteiger partial charge in [-0.3, -0.25) is 0 Å². The third kappa shape index (κ3) is 4.20. The fourth-order valence-corrected chi connectivity index (χ4v) is 2.47. The maximum Gasteiger partial charge on any atom is 0.416 e. The molecule has 0 amide bonds. The summed E-state index contributed by atoms with van der Waals surface area (Å²) in [4.78, 5) is 0. The Morgan fingerprint density at radius 1 is 1.10 bits per heavy atom. The lowest BCUT2D eigenvalue weighted by atomic mass is 10.1. The van der Waals surface area contributed by atoms with Crippen molar-refractivity contribution in [2.45, 2.75) is 19.6 Å². The summed E-state index contributed by atoms with van der Waals surface area (Å²) < 4.78 is 52.2. The van der Waals surface area contributed by atoms with Crippen molar-refractivity contribution in [2.24, 2.45) is 0 Å². The van der Waals surface area contributed by atoms with Crippen molar-refractivity contribution in [3.8, 4) is 0 Å². The number of benzene rings is 2. The fourth-order valence-electron chi connectivity index (χ4n) is 1.95. The van der Waals surface area contributed by atoms with E-state index in [2.05, 4.69) is 21.2 Å². The van der Waals surface area contributed by atoms with Crippen LogP contribution in [-0.2, 0) is 12.7 Å². The maximum atomic E-state index is 13.2. The molecular weight excluding hydrogens is 350 g/mol. The lowest BCUT2D eigenvalue weighted by molar-refractivity contribution is -0.138. The Morgan fingerprint density at radius 2 is 1.81 bits per heavy atom. The van der Waals surface area contributed by atoms with Gasteiger partial charge in [0.2, 0.25) is 0 Å². The van der Waals surface area contributed by atoms with Gasteiger partial charge in [0, 0.05) is 16.7 Å². The van der Waals surface area contributed by atoms with Crippen LogP contribution in [-0.4, -0.2) is 0 Å². The molecule has 0 bridgehead atoms. The van der Waals surface area contributed by atoms with Gasteiger partial charge in [-0.1, -0.05) is 22.0 Å². The quantitative estimate of drug-likeness (QED) is 0.709. The second-order valence-corrected chi connectivity index (χ2v) is 5.57. The third-order valence-electron chi connectivity index (χ3n) is 2.96. The molecule has 21 heavy (non-hydrogen) atoms. The Labute approximate surface area is 128 Å². The minimum absolute atomic E-state index is 0.168. The summed E-state index contributed by atoms with van der Waals surface area (Å²) in [6.45, 7) is 1.65. The number of hydrogen-bond acceptors (Lipinski definition) is 1. The summed E-state index contributed by atoms with van der Waals surface area (Å²) in [5, 5.41) is 2.87. The van der Waals surface area contributed by atoms with Crippen LogP contribution in [0.25, 0.3) is 0 Å². The van der Waals surface area contributed by atoms with E-state index in [1.165, 1.54) is 25.1 Å². The number of anilines is 1. The van der Waals surface area contributed by atoms with E-state index in [9.17, 15) is 17.6 Å². The molecule has 2 aromatic rings. The first-order valence-electron chi connectivity index (χ1n) is 6.12. The molecule has 0 atom stereocenters. The number of halogens is 5. The predicted octanol–water partition coefficient (Wildman–Crippen LogP) is 5.53. The van der Waals surface area contributed by atoms with Crippen LogP contribution in [0.4, 0.5) is 23.2 Å². The summed E-state index contributed by atoms with van der Waals surface area (Å²) in [6.07, 6.45) is -4.39. The number of alkyl halides is 3. The third-order valence-corrected chi connectivity index (χ3v) is 3.42. The van der Waals surface area contributed by atoms with Crippen molar-refractivity contribution in [1.82, 2.24) is 0 Å². The Kier molecular flexibility index (Phi) is 4.56.